The number of sulfone groups is 1. The third-order valence-electron chi connectivity index (χ3n) is 3.16. The maximum absolute atomic E-state index is 13.2. The summed E-state index contributed by atoms with van der Waals surface area (Å²) in [6.07, 6.45) is -2.12. The molecule has 0 aliphatic rings. The van der Waals surface area contributed by atoms with Gasteiger partial charge in [-0.3, -0.25) is 0 Å². The molecule has 0 N–H and O–H groups in total. The standard InChI is InChI=1S/C15H17Cl2F3O2S/c1-2-3-4-5-9-23(21,22)14(15(18,19)20)10-11-12(16)7-6-8-13(11)17/h6-8,10H,2-5,9H2,1H3/b14-10+. The zero-order chi connectivity index (χ0) is 17.7. The summed E-state index contributed by atoms with van der Waals surface area (Å²) in [6.45, 7) is 1.93. The molecule has 0 radical (unpaired) electrons. The highest BCUT2D eigenvalue weighted by Crippen LogP contribution is 2.36. The Hall–Kier alpha value is -0.720. The number of benzene rings is 1. The van der Waals surface area contributed by atoms with Crippen LogP contribution in [0.4, 0.5) is 13.2 Å². The molecule has 1 aromatic rings. The predicted octanol–water partition coefficient (Wildman–Crippen LogP) is 5.89. The molecule has 0 saturated heterocycles. The van der Waals surface area contributed by atoms with Crippen LogP contribution in [0.5, 0.6) is 0 Å². The van der Waals surface area contributed by atoms with Gasteiger partial charge in [0.25, 0.3) is 0 Å². The van der Waals surface area contributed by atoms with Gasteiger partial charge in [-0.2, -0.15) is 13.2 Å². The van der Waals surface area contributed by atoms with Crippen LogP contribution in [0, 0.1) is 0 Å². The maximum atomic E-state index is 13.2. The molecule has 23 heavy (non-hydrogen) atoms. The van der Waals surface area contributed by atoms with E-state index in [1.54, 1.807) is 0 Å². The molecule has 0 aliphatic carbocycles. The lowest BCUT2D eigenvalue weighted by molar-refractivity contribution is -0.0836. The first-order chi connectivity index (χ1) is 10.6. The van der Waals surface area contributed by atoms with Crippen LogP contribution in [0.2, 0.25) is 10.0 Å². The molecular formula is C15H17Cl2F3O2S. The number of rotatable bonds is 7. The van der Waals surface area contributed by atoms with Gasteiger partial charge < -0.3 is 0 Å². The third-order valence-corrected chi connectivity index (χ3v) is 5.66. The van der Waals surface area contributed by atoms with Crippen molar-refractivity contribution in [2.75, 3.05) is 5.75 Å². The van der Waals surface area contributed by atoms with Gasteiger partial charge in [0.15, 0.2) is 9.84 Å². The van der Waals surface area contributed by atoms with Gasteiger partial charge in [0.05, 0.1) is 5.75 Å². The smallest absolute Gasteiger partial charge is 0.224 e. The van der Waals surface area contributed by atoms with E-state index in [4.69, 9.17) is 23.2 Å². The van der Waals surface area contributed by atoms with Crippen LogP contribution < -0.4 is 0 Å². The SMILES string of the molecule is CCCCCCS(=O)(=O)/C(=C/c1c(Cl)cccc1Cl)C(F)(F)F. The molecule has 0 fully saturated rings. The van der Waals surface area contributed by atoms with Crippen LogP contribution in [0.3, 0.4) is 0 Å². The van der Waals surface area contributed by atoms with Gasteiger partial charge in [0.2, 0.25) is 0 Å². The molecule has 2 nitrogen and oxygen atoms in total. The average Bonchev–Trinajstić information content (AvgIpc) is 2.41. The van der Waals surface area contributed by atoms with E-state index in [-0.39, 0.29) is 22.0 Å². The van der Waals surface area contributed by atoms with Gasteiger partial charge in [0.1, 0.15) is 4.91 Å². The molecule has 130 valence electrons. The van der Waals surface area contributed by atoms with Crippen LogP contribution in [0.1, 0.15) is 38.2 Å². The van der Waals surface area contributed by atoms with Gasteiger partial charge in [-0.15, -0.1) is 0 Å². The fraction of sp³-hybridized carbons (Fsp3) is 0.467. The Balaban J connectivity index is 3.23. The predicted molar refractivity (Wildman–Crippen MR) is 88.4 cm³/mol. The molecule has 0 spiro atoms. The molecule has 0 unspecified atom stereocenters. The minimum atomic E-state index is -5.01. The normalized spacial score (nSPS) is 13.4. The first-order valence-electron chi connectivity index (χ1n) is 7.05. The molecule has 0 aromatic heterocycles. The number of halogens is 5. The highest BCUT2D eigenvalue weighted by Gasteiger charge is 2.42. The van der Waals surface area contributed by atoms with Crippen molar-refractivity contribution < 1.29 is 21.6 Å². The summed E-state index contributed by atoms with van der Waals surface area (Å²) in [6, 6.07) is 4.16. The van der Waals surface area contributed by atoms with Crippen molar-refractivity contribution in [1.29, 1.82) is 0 Å². The largest absolute Gasteiger partial charge is 0.427 e. The minimum Gasteiger partial charge on any atom is -0.224 e. The second-order valence-corrected chi connectivity index (χ2v) is 7.91. The third kappa shape index (κ3) is 6.01. The Labute approximate surface area is 144 Å². The fourth-order valence-electron chi connectivity index (χ4n) is 1.96. The highest BCUT2D eigenvalue weighted by molar-refractivity contribution is 7.95. The molecule has 0 heterocycles. The Morgan fingerprint density at radius 3 is 2.17 bits per heavy atom. The minimum absolute atomic E-state index is 0.0413. The zero-order valence-corrected chi connectivity index (χ0v) is 14.8. The van der Waals surface area contributed by atoms with Crippen molar-refractivity contribution in [2.24, 2.45) is 0 Å². The first kappa shape index (κ1) is 20.3. The van der Waals surface area contributed by atoms with E-state index in [0.717, 1.165) is 12.8 Å². The number of unbranched alkanes of at least 4 members (excludes halogenated alkanes) is 3. The molecule has 1 rings (SSSR count). The van der Waals surface area contributed by atoms with Crippen molar-refractivity contribution in [3.8, 4) is 0 Å². The van der Waals surface area contributed by atoms with Crippen molar-refractivity contribution >= 4 is 39.1 Å². The van der Waals surface area contributed by atoms with Crippen molar-refractivity contribution in [3.63, 3.8) is 0 Å². The van der Waals surface area contributed by atoms with E-state index in [0.29, 0.717) is 12.5 Å². The van der Waals surface area contributed by atoms with Crippen molar-refractivity contribution in [2.45, 2.75) is 38.8 Å². The van der Waals surface area contributed by atoms with E-state index in [1.165, 1.54) is 18.2 Å². The summed E-state index contributed by atoms with van der Waals surface area (Å²) in [5, 5.41) is -0.0825. The lowest BCUT2D eigenvalue weighted by atomic mass is 10.2. The maximum Gasteiger partial charge on any atom is 0.427 e. The molecule has 0 amide bonds. The summed E-state index contributed by atoms with van der Waals surface area (Å²) in [5.74, 6) is -0.555. The van der Waals surface area contributed by atoms with E-state index in [9.17, 15) is 21.6 Å². The monoisotopic (exact) mass is 388 g/mol. The Kier molecular flexibility index (Phi) is 7.42. The van der Waals surface area contributed by atoms with Crippen LogP contribution >= 0.6 is 23.2 Å². The Morgan fingerprint density at radius 2 is 1.70 bits per heavy atom. The molecule has 0 atom stereocenters. The summed E-state index contributed by atoms with van der Waals surface area (Å²) < 4.78 is 63.8. The topological polar surface area (TPSA) is 34.1 Å². The highest BCUT2D eigenvalue weighted by atomic mass is 35.5. The van der Waals surface area contributed by atoms with Crippen LogP contribution in [-0.4, -0.2) is 20.3 Å². The van der Waals surface area contributed by atoms with Gasteiger partial charge in [-0.1, -0.05) is 55.5 Å². The fourth-order valence-corrected chi connectivity index (χ4v) is 3.92. The van der Waals surface area contributed by atoms with Gasteiger partial charge >= 0.3 is 6.18 Å². The average molecular weight is 389 g/mol. The van der Waals surface area contributed by atoms with Gasteiger partial charge in [-0.05, 0) is 24.6 Å². The second kappa shape index (κ2) is 8.40. The number of allylic oxidation sites excluding steroid dienone is 1. The van der Waals surface area contributed by atoms with Gasteiger partial charge in [-0.25, -0.2) is 8.42 Å². The van der Waals surface area contributed by atoms with E-state index in [1.807, 2.05) is 6.92 Å². The van der Waals surface area contributed by atoms with E-state index in [2.05, 4.69) is 0 Å². The molecule has 1 aromatic carbocycles. The summed E-state index contributed by atoms with van der Waals surface area (Å²) >= 11 is 11.7. The quantitative estimate of drug-likeness (QED) is 0.545. The summed E-state index contributed by atoms with van der Waals surface area (Å²) in [4.78, 5) is -1.61. The summed E-state index contributed by atoms with van der Waals surface area (Å²) in [7, 11) is -4.47. The number of hydrogen-bond acceptors (Lipinski definition) is 2. The van der Waals surface area contributed by atoms with Crippen LogP contribution in [0.25, 0.3) is 6.08 Å². The lowest BCUT2D eigenvalue weighted by Crippen LogP contribution is -2.22. The molecule has 0 aliphatic heterocycles. The molecular weight excluding hydrogens is 372 g/mol. The molecule has 0 bridgehead atoms. The molecule has 0 saturated carbocycles. The Morgan fingerprint density at radius 1 is 1.13 bits per heavy atom. The van der Waals surface area contributed by atoms with Gasteiger partial charge in [0, 0.05) is 15.6 Å². The molecule has 8 heteroatoms. The zero-order valence-electron chi connectivity index (χ0n) is 12.5. The lowest BCUT2D eigenvalue weighted by Gasteiger charge is -2.13. The number of alkyl halides is 3. The van der Waals surface area contributed by atoms with E-state index < -0.39 is 26.7 Å². The first-order valence-corrected chi connectivity index (χ1v) is 9.46. The van der Waals surface area contributed by atoms with E-state index >= 15 is 0 Å². The van der Waals surface area contributed by atoms with Crippen LogP contribution in [0.15, 0.2) is 23.1 Å². The van der Waals surface area contributed by atoms with Crippen molar-refractivity contribution in [1.82, 2.24) is 0 Å². The Bertz CT molecular complexity index is 648. The summed E-state index contributed by atoms with van der Waals surface area (Å²) in [5.41, 5.74) is -0.153. The second-order valence-electron chi connectivity index (χ2n) is 5.02. The van der Waals surface area contributed by atoms with Crippen LogP contribution in [-0.2, 0) is 9.84 Å². The number of hydrogen-bond donors (Lipinski definition) is 0. The van der Waals surface area contributed by atoms with Crippen molar-refractivity contribution in [3.05, 3.63) is 38.7 Å².